The fourth-order valence-electron chi connectivity index (χ4n) is 2.53. The monoisotopic (exact) mass is 354 g/mol. The molecule has 1 fully saturated rings. The van der Waals surface area contributed by atoms with Crippen molar-refractivity contribution in [3.05, 3.63) is 27.2 Å². The Balaban J connectivity index is 2.23. The molecule has 0 heterocycles. The van der Waals surface area contributed by atoms with Crippen molar-refractivity contribution < 1.29 is 4.79 Å². The van der Waals surface area contributed by atoms with E-state index < -0.39 is 5.41 Å². The molecule has 1 aliphatic rings. The van der Waals surface area contributed by atoms with Gasteiger partial charge in [0.1, 0.15) is 5.41 Å². The number of rotatable bonds is 2. The zero-order valence-electron chi connectivity index (χ0n) is 11.3. The molecule has 1 saturated carbocycles. The SMILES string of the molecule is Cc1cc(Br)c(NC(=O)C2(C#N)CCCCC2)cc1Cl. The molecule has 0 atom stereocenters. The third-order valence-corrected chi connectivity index (χ3v) is 4.92. The van der Waals surface area contributed by atoms with Crippen LogP contribution < -0.4 is 5.32 Å². The predicted molar refractivity (Wildman–Crippen MR) is 83.6 cm³/mol. The zero-order chi connectivity index (χ0) is 14.8. The summed E-state index contributed by atoms with van der Waals surface area (Å²) in [6, 6.07) is 5.80. The van der Waals surface area contributed by atoms with Crippen LogP contribution in [-0.4, -0.2) is 5.91 Å². The molecule has 106 valence electrons. The summed E-state index contributed by atoms with van der Waals surface area (Å²) in [7, 11) is 0. The van der Waals surface area contributed by atoms with Crippen molar-refractivity contribution in [2.75, 3.05) is 5.32 Å². The zero-order valence-corrected chi connectivity index (χ0v) is 13.6. The van der Waals surface area contributed by atoms with Gasteiger partial charge in [0.2, 0.25) is 5.91 Å². The average molecular weight is 356 g/mol. The number of amides is 1. The lowest BCUT2D eigenvalue weighted by molar-refractivity contribution is -0.124. The van der Waals surface area contributed by atoms with Crippen molar-refractivity contribution >= 4 is 39.1 Å². The number of anilines is 1. The van der Waals surface area contributed by atoms with Gasteiger partial charge in [-0.05, 0) is 53.4 Å². The Bertz CT molecular complexity index is 574. The van der Waals surface area contributed by atoms with E-state index in [2.05, 4.69) is 27.3 Å². The number of hydrogen-bond donors (Lipinski definition) is 1. The van der Waals surface area contributed by atoms with Gasteiger partial charge in [0.05, 0.1) is 11.8 Å². The van der Waals surface area contributed by atoms with E-state index in [4.69, 9.17) is 11.6 Å². The molecule has 5 heteroatoms. The molecule has 3 nitrogen and oxygen atoms in total. The van der Waals surface area contributed by atoms with Crippen molar-refractivity contribution in [2.24, 2.45) is 5.41 Å². The van der Waals surface area contributed by atoms with Crippen molar-refractivity contribution in [3.8, 4) is 6.07 Å². The minimum absolute atomic E-state index is 0.222. The fraction of sp³-hybridized carbons (Fsp3) is 0.467. The molecule has 1 aromatic rings. The van der Waals surface area contributed by atoms with Crippen LogP contribution >= 0.6 is 27.5 Å². The van der Waals surface area contributed by atoms with Gasteiger partial charge in [-0.1, -0.05) is 30.9 Å². The van der Waals surface area contributed by atoms with Gasteiger partial charge in [-0.2, -0.15) is 5.26 Å². The highest BCUT2D eigenvalue weighted by atomic mass is 79.9. The molecule has 20 heavy (non-hydrogen) atoms. The maximum Gasteiger partial charge on any atom is 0.244 e. The molecule has 2 rings (SSSR count). The Labute approximate surface area is 132 Å². The van der Waals surface area contributed by atoms with E-state index in [1.807, 2.05) is 13.0 Å². The van der Waals surface area contributed by atoms with E-state index >= 15 is 0 Å². The Kier molecular flexibility index (Phi) is 4.72. The molecule has 0 aliphatic heterocycles. The summed E-state index contributed by atoms with van der Waals surface area (Å²) in [5, 5.41) is 12.9. The Morgan fingerprint density at radius 2 is 2.05 bits per heavy atom. The highest BCUT2D eigenvalue weighted by Gasteiger charge is 2.40. The molecule has 1 aliphatic carbocycles. The predicted octanol–water partition coefficient (Wildman–Crippen LogP) is 4.82. The van der Waals surface area contributed by atoms with Gasteiger partial charge in [-0.3, -0.25) is 4.79 Å². The summed E-state index contributed by atoms with van der Waals surface area (Å²) >= 11 is 9.50. The van der Waals surface area contributed by atoms with Crippen LogP contribution in [0.15, 0.2) is 16.6 Å². The Morgan fingerprint density at radius 1 is 1.40 bits per heavy atom. The van der Waals surface area contributed by atoms with Crippen molar-refractivity contribution in [3.63, 3.8) is 0 Å². The number of hydrogen-bond acceptors (Lipinski definition) is 2. The number of carbonyl (C=O) groups excluding carboxylic acids is 1. The Morgan fingerprint density at radius 3 is 2.65 bits per heavy atom. The third-order valence-electron chi connectivity index (χ3n) is 3.85. The standard InChI is InChI=1S/C15H16BrClN2O/c1-10-7-11(16)13(8-12(10)17)19-14(20)15(9-18)5-3-2-4-6-15/h7-8H,2-6H2,1H3,(H,19,20). The quantitative estimate of drug-likeness (QED) is 0.826. The summed E-state index contributed by atoms with van der Waals surface area (Å²) in [4.78, 5) is 12.5. The molecular weight excluding hydrogens is 340 g/mol. The minimum atomic E-state index is -0.894. The lowest BCUT2D eigenvalue weighted by Gasteiger charge is -2.29. The second-order valence-electron chi connectivity index (χ2n) is 5.29. The lowest BCUT2D eigenvalue weighted by atomic mass is 9.74. The van der Waals surface area contributed by atoms with Crippen LogP contribution in [-0.2, 0) is 4.79 Å². The first-order valence-corrected chi connectivity index (χ1v) is 7.84. The summed E-state index contributed by atoms with van der Waals surface area (Å²) in [5.41, 5.74) is 0.657. The van der Waals surface area contributed by atoms with E-state index in [1.165, 1.54) is 0 Å². The van der Waals surface area contributed by atoms with Gasteiger partial charge in [-0.15, -0.1) is 0 Å². The third kappa shape index (κ3) is 2.99. The van der Waals surface area contributed by atoms with E-state index in [0.717, 1.165) is 29.3 Å². The summed E-state index contributed by atoms with van der Waals surface area (Å²) in [6.07, 6.45) is 4.21. The smallest absolute Gasteiger partial charge is 0.244 e. The summed E-state index contributed by atoms with van der Waals surface area (Å²) in [5.74, 6) is -0.222. The minimum Gasteiger partial charge on any atom is -0.324 e. The highest BCUT2D eigenvalue weighted by molar-refractivity contribution is 9.10. The largest absolute Gasteiger partial charge is 0.324 e. The molecule has 1 N–H and O–H groups in total. The second kappa shape index (κ2) is 6.15. The van der Waals surface area contributed by atoms with E-state index in [9.17, 15) is 10.1 Å². The van der Waals surface area contributed by atoms with E-state index in [-0.39, 0.29) is 5.91 Å². The number of aryl methyl sites for hydroxylation is 1. The van der Waals surface area contributed by atoms with E-state index in [1.54, 1.807) is 6.07 Å². The van der Waals surface area contributed by atoms with Crippen molar-refractivity contribution in [2.45, 2.75) is 39.0 Å². The lowest BCUT2D eigenvalue weighted by Crippen LogP contribution is -2.36. The summed E-state index contributed by atoms with van der Waals surface area (Å²) in [6.45, 7) is 1.90. The van der Waals surface area contributed by atoms with Crippen LogP contribution in [0.25, 0.3) is 0 Å². The molecule has 0 unspecified atom stereocenters. The van der Waals surface area contributed by atoms with Crippen LogP contribution in [0.2, 0.25) is 5.02 Å². The van der Waals surface area contributed by atoms with Crippen LogP contribution in [0.1, 0.15) is 37.7 Å². The molecule has 0 radical (unpaired) electrons. The first-order valence-electron chi connectivity index (χ1n) is 6.67. The van der Waals surface area contributed by atoms with Gasteiger partial charge in [-0.25, -0.2) is 0 Å². The van der Waals surface area contributed by atoms with Gasteiger partial charge in [0, 0.05) is 9.50 Å². The Hall–Kier alpha value is -1.05. The van der Waals surface area contributed by atoms with Gasteiger partial charge < -0.3 is 5.32 Å². The van der Waals surface area contributed by atoms with Gasteiger partial charge in [0.25, 0.3) is 0 Å². The van der Waals surface area contributed by atoms with Gasteiger partial charge >= 0.3 is 0 Å². The molecule has 0 aromatic heterocycles. The molecular formula is C15H16BrClN2O. The van der Waals surface area contributed by atoms with Crippen LogP contribution in [0.3, 0.4) is 0 Å². The first-order chi connectivity index (χ1) is 9.48. The average Bonchev–Trinajstić information content (AvgIpc) is 2.45. The summed E-state index contributed by atoms with van der Waals surface area (Å²) < 4.78 is 0.775. The van der Waals surface area contributed by atoms with Crippen molar-refractivity contribution in [1.29, 1.82) is 5.26 Å². The molecule has 0 bridgehead atoms. The number of carbonyl (C=O) groups is 1. The molecule has 1 amide bonds. The second-order valence-corrected chi connectivity index (χ2v) is 6.55. The number of benzene rings is 1. The molecule has 0 spiro atoms. The van der Waals surface area contributed by atoms with E-state index in [0.29, 0.717) is 23.6 Å². The highest BCUT2D eigenvalue weighted by Crippen LogP contribution is 2.38. The topological polar surface area (TPSA) is 52.9 Å². The number of halogens is 2. The number of nitriles is 1. The van der Waals surface area contributed by atoms with Crippen LogP contribution in [0.5, 0.6) is 0 Å². The van der Waals surface area contributed by atoms with Gasteiger partial charge in [0.15, 0.2) is 0 Å². The van der Waals surface area contributed by atoms with Crippen LogP contribution in [0, 0.1) is 23.7 Å². The van der Waals surface area contributed by atoms with Crippen LogP contribution in [0.4, 0.5) is 5.69 Å². The van der Waals surface area contributed by atoms with Crippen molar-refractivity contribution in [1.82, 2.24) is 0 Å². The maximum atomic E-state index is 12.5. The normalized spacial score (nSPS) is 17.3. The molecule has 1 aromatic carbocycles. The number of nitrogens with one attached hydrogen (secondary N) is 1. The maximum absolute atomic E-state index is 12.5. The first kappa shape index (κ1) is 15.3. The number of nitrogens with zero attached hydrogens (tertiary/aromatic N) is 1. The molecule has 0 saturated heterocycles. The fourth-order valence-corrected chi connectivity index (χ4v) is 3.25.